The van der Waals surface area contributed by atoms with Gasteiger partial charge < -0.3 is 15.4 Å². The van der Waals surface area contributed by atoms with Gasteiger partial charge in [0, 0.05) is 45.4 Å². The fraction of sp³-hybridized carbons (Fsp3) is 1.00. The number of nitrogens with two attached hydrogens (primary N) is 1. The summed E-state index contributed by atoms with van der Waals surface area (Å²) in [6.07, 6.45) is 6.82. The Bertz CT molecular complexity index is 229. The van der Waals surface area contributed by atoms with Gasteiger partial charge in [-0.15, -0.1) is 0 Å². The zero-order chi connectivity index (χ0) is 13.5. The van der Waals surface area contributed by atoms with E-state index >= 15 is 0 Å². The first-order valence-corrected chi connectivity index (χ1v) is 8.11. The molecule has 19 heavy (non-hydrogen) atoms. The molecular formula is C15H31N3O. The van der Waals surface area contributed by atoms with Crippen molar-refractivity contribution in [2.45, 2.75) is 51.2 Å². The van der Waals surface area contributed by atoms with Crippen molar-refractivity contribution >= 4 is 0 Å². The van der Waals surface area contributed by atoms with Crippen LogP contribution in [0.1, 0.15) is 39.0 Å². The summed E-state index contributed by atoms with van der Waals surface area (Å²) in [5, 5.41) is 0. The standard InChI is InChI=1S/C15H31N3O/c1-2-14(13-16)18-10-8-17(9-11-18)7-3-5-15-6-4-12-19-15/h14-15H,2-13,16H2,1H3. The van der Waals surface area contributed by atoms with Crippen LogP contribution in [0, 0.1) is 0 Å². The van der Waals surface area contributed by atoms with E-state index in [0.717, 1.165) is 13.2 Å². The summed E-state index contributed by atoms with van der Waals surface area (Å²) >= 11 is 0. The quantitative estimate of drug-likeness (QED) is 0.756. The van der Waals surface area contributed by atoms with Gasteiger partial charge in [0.05, 0.1) is 6.10 Å². The van der Waals surface area contributed by atoms with Gasteiger partial charge in [-0.25, -0.2) is 0 Å². The molecule has 2 rings (SSSR count). The lowest BCUT2D eigenvalue weighted by Gasteiger charge is -2.38. The van der Waals surface area contributed by atoms with E-state index in [4.69, 9.17) is 10.5 Å². The summed E-state index contributed by atoms with van der Waals surface area (Å²) in [4.78, 5) is 5.17. The second-order valence-electron chi connectivity index (χ2n) is 5.95. The lowest BCUT2D eigenvalue weighted by Crippen LogP contribution is -2.52. The molecule has 0 aliphatic carbocycles. The first-order valence-electron chi connectivity index (χ1n) is 8.11. The smallest absolute Gasteiger partial charge is 0.0576 e. The molecule has 2 fully saturated rings. The van der Waals surface area contributed by atoms with Gasteiger partial charge in [-0.1, -0.05) is 6.92 Å². The van der Waals surface area contributed by atoms with E-state index in [1.165, 1.54) is 64.8 Å². The molecule has 4 nitrogen and oxygen atoms in total. The number of rotatable bonds is 7. The zero-order valence-corrected chi connectivity index (χ0v) is 12.5. The molecular weight excluding hydrogens is 238 g/mol. The summed E-state index contributed by atoms with van der Waals surface area (Å²) in [5.41, 5.74) is 5.83. The molecule has 2 N–H and O–H groups in total. The summed E-state index contributed by atoms with van der Waals surface area (Å²) in [6, 6.07) is 0.592. The third kappa shape index (κ3) is 4.71. The first kappa shape index (κ1) is 15.2. The minimum atomic E-state index is 0.558. The van der Waals surface area contributed by atoms with Crippen LogP contribution in [0.25, 0.3) is 0 Å². The maximum Gasteiger partial charge on any atom is 0.0576 e. The normalized spacial score (nSPS) is 27.8. The van der Waals surface area contributed by atoms with Crippen LogP contribution in [0.15, 0.2) is 0 Å². The Morgan fingerprint density at radius 3 is 2.63 bits per heavy atom. The Morgan fingerprint density at radius 1 is 1.26 bits per heavy atom. The average Bonchev–Trinajstić information content (AvgIpc) is 2.95. The molecule has 0 aromatic rings. The van der Waals surface area contributed by atoms with E-state index in [-0.39, 0.29) is 0 Å². The van der Waals surface area contributed by atoms with Crippen LogP contribution < -0.4 is 5.73 Å². The largest absolute Gasteiger partial charge is 0.378 e. The highest BCUT2D eigenvalue weighted by Crippen LogP contribution is 2.17. The first-order chi connectivity index (χ1) is 9.33. The third-order valence-electron chi connectivity index (χ3n) is 4.69. The topological polar surface area (TPSA) is 41.7 Å². The van der Waals surface area contributed by atoms with Crippen molar-refractivity contribution < 1.29 is 4.74 Å². The fourth-order valence-corrected chi connectivity index (χ4v) is 3.34. The molecule has 0 aromatic heterocycles. The number of hydrogen-bond donors (Lipinski definition) is 1. The molecule has 0 aromatic carbocycles. The Labute approximate surface area is 118 Å². The highest BCUT2D eigenvalue weighted by Gasteiger charge is 2.22. The molecule has 2 aliphatic rings. The molecule has 112 valence electrons. The van der Waals surface area contributed by atoms with Crippen molar-refractivity contribution in [2.24, 2.45) is 5.73 Å². The summed E-state index contributed by atoms with van der Waals surface area (Å²) < 4.78 is 5.68. The summed E-state index contributed by atoms with van der Waals surface area (Å²) in [5.74, 6) is 0. The molecule has 2 atom stereocenters. The van der Waals surface area contributed by atoms with E-state index in [1.54, 1.807) is 0 Å². The van der Waals surface area contributed by atoms with Crippen LogP contribution in [0.2, 0.25) is 0 Å². The van der Waals surface area contributed by atoms with Crippen molar-refractivity contribution in [1.29, 1.82) is 0 Å². The number of ether oxygens (including phenoxy) is 1. The number of nitrogens with zero attached hydrogens (tertiary/aromatic N) is 2. The molecule has 0 saturated carbocycles. The minimum absolute atomic E-state index is 0.558. The van der Waals surface area contributed by atoms with Gasteiger partial charge in [0.2, 0.25) is 0 Å². The SMILES string of the molecule is CCC(CN)N1CCN(CCCC2CCCO2)CC1. The monoisotopic (exact) mass is 269 g/mol. The molecule has 0 amide bonds. The van der Waals surface area contributed by atoms with Crippen LogP contribution in [-0.4, -0.2) is 67.8 Å². The molecule has 0 spiro atoms. The zero-order valence-electron chi connectivity index (χ0n) is 12.5. The predicted molar refractivity (Wildman–Crippen MR) is 79.4 cm³/mol. The maximum absolute atomic E-state index is 5.83. The van der Waals surface area contributed by atoms with Crippen molar-refractivity contribution in [3.8, 4) is 0 Å². The van der Waals surface area contributed by atoms with Gasteiger partial charge in [0.15, 0.2) is 0 Å². The summed E-state index contributed by atoms with van der Waals surface area (Å²) in [6.45, 7) is 10.1. The Morgan fingerprint density at radius 2 is 2.05 bits per heavy atom. The molecule has 0 bridgehead atoms. The van der Waals surface area contributed by atoms with Crippen molar-refractivity contribution in [3.05, 3.63) is 0 Å². The van der Waals surface area contributed by atoms with Gasteiger partial charge in [0.1, 0.15) is 0 Å². The van der Waals surface area contributed by atoms with Crippen molar-refractivity contribution in [3.63, 3.8) is 0 Å². The lowest BCUT2D eigenvalue weighted by molar-refractivity contribution is 0.0810. The van der Waals surface area contributed by atoms with E-state index in [2.05, 4.69) is 16.7 Å². The van der Waals surface area contributed by atoms with E-state index in [0.29, 0.717) is 12.1 Å². The van der Waals surface area contributed by atoms with Gasteiger partial charge >= 0.3 is 0 Å². The molecule has 2 unspecified atom stereocenters. The van der Waals surface area contributed by atoms with Crippen molar-refractivity contribution in [2.75, 3.05) is 45.9 Å². The molecule has 4 heteroatoms. The highest BCUT2D eigenvalue weighted by molar-refractivity contribution is 4.78. The van der Waals surface area contributed by atoms with Crippen LogP contribution in [0.3, 0.4) is 0 Å². The van der Waals surface area contributed by atoms with Gasteiger partial charge in [0.25, 0.3) is 0 Å². The van der Waals surface area contributed by atoms with Gasteiger partial charge in [-0.3, -0.25) is 4.90 Å². The van der Waals surface area contributed by atoms with Crippen LogP contribution in [0.5, 0.6) is 0 Å². The number of piperazine rings is 1. The maximum atomic E-state index is 5.83. The van der Waals surface area contributed by atoms with Crippen LogP contribution in [0.4, 0.5) is 0 Å². The molecule has 2 saturated heterocycles. The predicted octanol–water partition coefficient (Wildman–Crippen LogP) is 1.30. The van der Waals surface area contributed by atoms with Gasteiger partial charge in [-0.05, 0) is 38.6 Å². The fourth-order valence-electron chi connectivity index (χ4n) is 3.34. The van der Waals surface area contributed by atoms with Crippen LogP contribution >= 0.6 is 0 Å². The van der Waals surface area contributed by atoms with Crippen LogP contribution in [-0.2, 0) is 4.74 Å². The minimum Gasteiger partial charge on any atom is -0.378 e. The Kier molecular flexibility index (Phi) is 6.57. The lowest BCUT2D eigenvalue weighted by atomic mass is 10.1. The van der Waals surface area contributed by atoms with E-state index in [9.17, 15) is 0 Å². The second kappa shape index (κ2) is 8.20. The Hall–Kier alpha value is -0.160. The van der Waals surface area contributed by atoms with Crippen molar-refractivity contribution in [1.82, 2.24) is 9.80 Å². The van der Waals surface area contributed by atoms with E-state index in [1.807, 2.05) is 0 Å². The molecule has 2 heterocycles. The highest BCUT2D eigenvalue weighted by atomic mass is 16.5. The second-order valence-corrected chi connectivity index (χ2v) is 5.95. The molecule has 2 aliphatic heterocycles. The van der Waals surface area contributed by atoms with E-state index < -0.39 is 0 Å². The average molecular weight is 269 g/mol. The summed E-state index contributed by atoms with van der Waals surface area (Å²) in [7, 11) is 0. The molecule has 0 radical (unpaired) electrons. The van der Waals surface area contributed by atoms with Gasteiger partial charge in [-0.2, -0.15) is 0 Å². The number of hydrogen-bond acceptors (Lipinski definition) is 4. The third-order valence-corrected chi connectivity index (χ3v) is 4.69. The Balaban J connectivity index is 1.57.